The molecule has 4 unspecified atom stereocenters. The van der Waals surface area contributed by atoms with E-state index in [0.29, 0.717) is 29.3 Å². The Labute approximate surface area is 178 Å². The summed E-state index contributed by atoms with van der Waals surface area (Å²) in [5.41, 5.74) is 5.78. The van der Waals surface area contributed by atoms with Crippen LogP contribution < -0.4 is 11.1 Å². The lowest BCUT2D eigenvalue weighted by atomic mass is 9.83. The third-order valence-corrected chi connectivity index (χ3v) is 6.81. The van der Waals surface area contributed by atoms with Gasteiger partial charge in [-0.25, -0.2) is 15.0 Å². The van der Waals surface area contributed by atoms with Crippen LogP contribution in [0.2, 0.25) is 0 Å². The minimum absolute atomic E-state index is 0.0937. The third kappa shape index (κ3) is 3.65. The highest BCUT2D eigenvalue weighted by Gasteiger charge is 2.53. The standard InChI is InChI=1S/C20H28N6O5/c21-16-14-17(25-19(24-16)20(30)6-10-1-2-11(20)5-10)26(8-22-14)9-31-15(13(28)7-27)18(29)23-12-3-4-12/h8,10-13,15,27-28,30H,1-7,9H2,(H,23,29)(H2,21,24,25)/t10?,11?,13?,15-,20?/m0/s1. The molecule has 0 aliphatic heterocycles. The molecule has 0 aromatic carbocycles. The molecule has 2 bridgehead atoms. The lowest BCUT2D eigenvalue weighted by molar-refractivity contribution is -0.147. The molecule has 3 aliphatic carbocycles. The zero-order valence-electron chi connectivity index (χ0n) is 17.1. The van der Waals surface area contributed by atoms with Gasteiger partial charge in [0.25, 0.3) is 5.91 Å². The van der Waals surface area contributed by atoms with Gasteiger partial charge in [-0.3, -0.25) is 9.36 Å². The molecule has 3 saturated carbocycles. The number of aliphatic hydroxyl groups is 3. The summed E-state index contributed by atoms with van der Waals surface area (Å²) in [6.07, 6.45) is 4.31. The van der Waals surface area contributed by atoms with E-state index in [-0.39, 0.29) is 24.5 Å². The van der Waals surface area contributed by atoms with Gasteiger partial charge in [-0.2, -0.15) is 0 Å². The van der Waals surface area contributed by atoms with Gasteiger partial charge >= 0.3 is 0 Å². The van der Waals surface area contributed by atoms with Crippen LogP contribution in [0.4, 0.5) is 5.82 Å². The number of hydrogen-bond donors (Lipinski definition) is 5. The van der Waals surface area contributed by atoms with Crippen LogP contribution in [0.25, 0.3) is 11.2 Å². The van der Waals surface area contributed by atoms with Crippen LogP contribution in [-0.2, 0) is 21.9 Å². The fraction of sp³-hybridized carbons (Fsp3) is 0.700. The summed E-state index contributed by atoms with van der Waals surface area (Å²) in [5.74, 6) is 0.601. The topological polar surface area (TPSA) is 169 Å². The second-order valence-corrected chi connectivity index (χ2v) is 9.07. The van der Waals surface area contributed by atoms with Gasteiger partial charge in [0, 0.05) is 6.04 Å². The molecular formula is C20H28N6O5. The minimum atomic E-state index is -1.36. The van der Waals surface area contributed by atoms with E-state index in [9.17, 15) is 20.1 Å². The van der Waals surface area contributed by atoms with E-state index in [4.69, 9.17) is 10.5 Å². The van der Waals surface area contributed by atoms with E-state index >= 15 is 0 Å². The predicted molar refractivity (Wildman–Crippen MR) is 108 cm³/mol. The summed E-state index contributed by atoms with van der Waals surface area (Å²) in [7, 11) is 0. The van der Waals surface area contributed by atoms with Crippen LogP contribution in [0, 0.1) is 11.8 Å². The normalized spacial score (nSPS) is 29.4. The number of nitrogen functional groups attached to an aromatic ring is 1. The van der Waals surface area contributed by atoms with Crippen LogP contribution in [0.15, 0.2) is 6.33 Å². The van der Waals surface area contributed by atoms with Crippen molar-refractivity contribution in [1.82, 2.24) is 24.8 Å². The van der Waals surface area contributed by atoms with Gasteiger partial charge in [0.05, 0.1) is 12.9 Å². The summed E-state index contributed by atoms with van der Waals surface area (Å²) in [4.78, 5) is 25.6. The largest absolute Gasteiger partial charge is 0.394 e. The molecular weight excluding hydrogens is 404 g/mol. The molecule has 5 atom stereocenters. The molecule has 0 spiro atoms. The molecule has 168 valence electrons. The average Bonchev–Trinajstić information content (AvgIpc) is 3.14. The second kappa shape index (κ2) is 7.66. The van der Waals surface area contributed by atoms with Crippen molar-refractivity contribution in [2.45, 2.75) is 69.1 Å². The number of carbonyl (C=O) groups is 1. The molecule has 11 nitrogen and oxygen atoms in total. The average molecular weight is 432 g/mol. The van der Waals surface area contributed by atoms with Crippen molar-refractivity contribution < 1.29 is 24.9 Å². The van der Waals surface area contributed by atoms with Gasteiger partial charge in [-0.1, -0.05) is 0 Å². The number of nitrogens with one attached hydrogen (secondary N) is 1. The van der Waals surface area contributed by atoms with Crippen LogP contribution in [-0.4, -0.2) is 65.6 Å². The first-order valence-electron chi connectivity index (χ1n) is 10.8. The van der Waals surface area contributed by atoms with Crippen LogP contribution in [0.1, 0.15) is 44.3 Å². The number of nitrogens with zero attached hydrogens (tertiary/aromatic N) is 4. The summed E-state index contributed by atoms with van der Waals surface area (Å²) >= 11 is 0. The van der Waals surface area contributed by atoms with Crippen molar-refractivity contribution in [2.75, 3.05) is 12.3 Å². The number of ether oxygens (including phenoxy) is 1. The number of hydrogen-bond acceptors (Lipinski definition) is 9. The zero-order valence-corrected chi connectivity index (χ0v) is 17.1. The highest BCUT2D eigenvalue weighted by Crippen LogP contribution is 2.54. The molecule has 0 saturated heterocycles. The molecule has 5 rings (SSSR count). The zero-order chi connectivity index (χ0) is 21.8. The van der Waals surface area contributed by atoms with Crippen molar-refractivity contribution in [2.24, 2.45) is 11.8 Å². The maximum Gasteiger partial charge on any atom is 0.252 e. The van der Waals surface area contributed by atoms with E-state index in [1.165, 1.54) is 6.33 Å². The number of nitrogens with two attached hydrogens (primary N) is 1. The Balaban J connectivity index is 1.39. The summed E-state index contributed by atoms with van der Waals surface area (Å²) in [6, 6.07) is 0.0937. The van der Waals surface area contributed by atoms with Crippen molar-refractivity contribution in [1.29, 1.82) is 0 Å². The minimum Gasteiger partial charge on any atom is -0.394 e. The van der Waals surface area contributed by atoms with Crippen LogP contribution in [0.5, 0.6) is 0 Å². The highest BCUT2D eigenvalue weighted by molar-refractivity contribution is 5.82. The first-order chi connectivity index (χ1) is 14.9. The van der Waals surface area contributed by atoms with Gasteiger partial charge in [0.2, 0.25) is 0 Å². The lowest BCUT2D eigenvalue weighted by Crippen LogP contribution is -2.46. The van der Waals surface area contributed by atoms with E-state index in [1.807, 2.05) is 0 Å². The van der Waals surface area contributed by atoms with Crippen LogP contribution in [0.3, 0.4) is 0 Å². The molecule has 1 amide bonds. The Morgan fingerprint density at radius 1 is 1.35 bits per heavy atom. The van der Waals surface area contributed by atoms with Gasteiger partial charge < -0.3 is 31.1 Å². The predicted octanol–water partition coefficient (Wildman–Crippen LogP) is -0.609. The third-order valence-electron chi connectivity index (χ3n) is 6.81. The SMILES string of the molecule is Nc1nc(C2(O)CC3CCC2C3)nc2c1ncn2CO[C@H](C(=O)NC1CC1)C(O)CO. The molecule has 0 radical (unpaired) electrons. The Kier molecular flexibility index (Phi) is 5.08. The molecule has 2 heterocycles. The second-order valence-electron chi connectivity index (χ2n) is 9.07. The fourth-order valence-electron chi connectivity index (χ4n) is 4.96. The number of anilines is 1. The maximum absolute atomic E-state index is 12.4. The molecule has 31 heavy (non-hydrogen) atoms. The van der Waals surface area contributed by atoms with Crippen molar-refractivity contribution in [3.8, 4) is 0 Å². The van der Waals surface area contributed by atoms with Gasteiger partial charge in [0.1, 0.15) is 24.0 Å². The monoisotopic (exact) mass is 432 g/mol. The first-order valence-corrected chi connectivity index (χ1v) is 10.8. The Morgan fingerprint density at radius 3 is 2.81 bits per heavy atom. The molecule has 2 aromatic rings. The van der Waals surface area contributed by atoms with Gasteiger partial charge in [-0.15, -0.1) is 0 Å². The smallest absolute Gasteiger partial charge is 0.252 e. The van der Waals surface area contributed by atoms with E-state index in [2.05, 4.69) is 20.3 Å². The van der Waals surface area contributed by atoms with Crippen molar-refractivity contribution in [3.63, 3.8) is 0 Å². The lowest BCUT2D eigenvalue weighted by Gasteiger charge is -2.30. The Morgan fingerprint density at radius 2 is 2.16 bits per heavy atom. The Hall–Kier alpha value is -2.34. The van der Waals surface area contributed by atoms with Crippen molar-refractivity contribution in [3.05, 3.63) is 12.2 Å². The molecule has 2 aromatic heterocycles. The summed E-state index contributed by atoms with van der Waals surface area (Å²) in [5, 5.41) is 33.4. The molecule has 6 N–H and O–H groups in total. The quantitative estimate of drug-likeness (QED) is 0.365. The fourth-order valence-corrected chi connectivity index (χ4v) is 4.96. The number of aliphatic hydroxyl groups excluding tert-OH is 2. The number of aromatic nitrogens is 4. The summed E-state index contributed by atoms with van der Waals surface area (Å²) in [6.45, 7) is -0.751. The van der Waals surface area contributed by atoms with Crippen molar-refractivity contribution >= 4 is 22.9 Å². The highest BCUT2D eigenvalue weighted by atomic mass is 16.5. The number of carbonyl (C=O) groups excluding carboxylic acids is 1. The summed E-state index contributed by atoms with van der Waals surface area (Å²) < 4.78 is 7.21. The number of amides is 1. The number of imidazole rings is 1. The maximum atomic E-state index is 12.4. The first kappa shape index (κ1) is 20.6. The van der Waals surface area contributed by atoms with Gasteiger partial charge in [-0.05, 0) is 50.4 Å². The van der Waals surface area contributed by atoms with E-state index in [1.54, 1.807) is 4.57 Å². The van der Waals surface area contributed by atoms with E-state index < -0.39 is 30.3 Å². The number of rotatable bonds is 8. The molecule has 3 fully saturated rings. The molecule has 3 aliphatic rings. The van der Waals surface area contributed by atoms with Crippen LogP contribution >= 0.6 is 0 Å². The molecule has 11 heteroatoms. The Bertz CT molecular complexity index is 994. The van der Waals surface area contributed by atoms with Gasteiger partial charge in [0.15, 0.2) is 23.4 Å². The van der Waals surface area contributed by atoms with E-state index in [0.717, 1.165) is 32.1 Å². The number of fused-ring (bicyclic) bond motifs is 3.